The highest BCUT2D eigenvalue weighted by Crippen LogP contribution is 2.47. The Kier molecular flexibility index (Phi) is 2.83. The molecule has 1 N–H and O–H groups in total. The fourth-order valence-corrected chi connectivity index (χ4v) is 3.81. The number of para-hydroxylation sites is 1. The number of aromatic nitrogens is 1. The van der Waals surface area contributed by atoms with Gasteiger partial charge in [-0.15, -0.1) is 11.3 Å². The maximum absolute atomic E-state index is 13.5. The van der Waals surface area contributed by atoms with E-state index < -0.39 is 11.6 Å². The van der Waals surface area contributed by atoms with Gasteiger partial charge in [0.1, 0.15) is 10.4 Å². The zero-order valence-electron chi connectivity index (χ0n) is 10.3. The van der Waals surface area contributed by atoms with Crippen LogP contribution in [-0.2, 0) is 5.41 Å². The summed E-state index contributed by atoms with van der Waals surface area (Å²) >= 11 is 1.16. The molecule has 0 aliphatic carbocycles. The molecule has 1 aliphatic rings. The van der Waals surface area contributed by atoms with Crippen LogP contribution in [0.1, 0.15) is 17.0 Å². The van der Waals surface area contributed by atoms with E-state index in [9.17, 15) is 13.2 Å². The van der Waals surface area contributed by atoms with Crippen molar-refractivity contribution in [2.45, 2.75) is 24.9 Å². The van der Waals surface area contributed by atoms with E-state index in [4.69, 9.17) is 0 Å². The highest BCUT2D eigenvalue weighted by Gasteiger charge is 2.59. The van der Waals surface area contributed by atoms with Crippen molar-refractivity contribution in [2.24, 2.45) is 0 Å². The fraction of sp³-hybridized carbons (Fsp3) is 0.462. The van der Waals surface area contributed by atoms with Crippen LogP contribution in [0.2, 0.25) is 0 Å². The third-order valence-electron chi connectivity index (χ3n) is 3.73. The van der Waals surface area contributed by atoms with Gasteiger partial charge in [-0.2, -0.15) is 13.2 Å². The van der Waals surface area contributed by atoms with E-state index in [1.54, 1.807) is 0 Å². The highest BCUT2D eigenvalue weighted by atomic mass is 32.1. The third kappa shape index (κ3) is 1.85. The first-order valence-electron chi connectivity index (χ1n) is 6.08. The number of nitrogens with zero attached hydrogens (tertiary/aromatic N) is 1. The lowest BCUT2D eigenvalue weighted by Crippen LogP contribution is -2.44. The average Bonchev–Trinajstić information content (AvgIpc) is 2.95. The van der Waals surface area contributed by atoms with Gasteiger partial charge in [0.05, 0.1) is 10.2 Å². The third-order valence-corrected chi connectivity index (χ3v) is 4.95. The SMILES string of the molecule is Cc1cccc2sc(C3(C(F)(F)F)CCNC3)nc12. The van der Waals surface area contributed by atoms with Gasteiger partial charge in [-0.25, -0.2) is 4.98 Å². The minimum Gasteiger partial charge on any atom is -0.315 e. The molecular weight excluding hydrogens is 273 g/mol. The minimum atomic E-state index is -4.27. The zero-order chi connectivity index (χ0) is 13.7. The van der Waals surface area contributed by atoms with Crippen molar-refractivity contribution < 1.29 is 13.2 Å². The number of hydrogen-bond donors (Lipinski definition) is 1. The monoisotopic (exact) mass is 286 g/mol. The average molecular weight is 286 g/mol. The molecule has 2 aromatic rings. The molecule has 0 bridgehead atoms. The molecule has 0 saturated carbocycles. The number of aryl methyl sites for hydroxylation is 1. The van der Waals surface area contributed by atoms with Crippen molar-refractivity contribution in [1.29, 1.82) is 0 Å². The van der Waals surface area contributed by atoms with E-state index in [1.165, 1.54) is 0 Å². The summed E-state index contributed by atoms with van der Waals surface area (Å²) in [4.78, 5) is 4.29. The Bertz CT molecular complexity index is 612. The molecule has 3 rings (SSSR count). The molecule has 6 heteroatoms. The van der Waals surface area contributed by atoms with Crippen LogP contribution in [0.5, 0.6) is 0 Å². The predicted molar refractivity (Wildman–Crippen MR) is 69.6 cm³/mol. The summed E-state index contributed by atoms with van der Waals surface area (Å²) in [7, 11) is 0. The van der Waals surface area contributed by atoms with E-state index in [1.807, 2.05) is 25.1 Å². The smallest absolute Gasteiger partial charge is 0.315 e. The molecule has 102 valence electrons. The van der Waals surface area contributed by atoms with Gasteiger partial charge in [-0.05, 0) is 31.5 Å². The van der Waals surface area contributed by atoms with Gasteiger partial charge < -0.3 is 5.32 Å². The lowest BCUT2D eigenvalue weighted by molar-refractivity contribution is -0.184. The lowest BCUT2D eigenvalue weighted by atomic mass is 9.87. The number of rotatable bonds is 1. The normalized spacial score (nSPS) is 24.2. The molecule has 0 radical (unpaired) electrons. The van der Waals surface area contributed by atoms with E-state index in [0.29, 0.717) is 12.1 Å². The summed E-state index contributed by atoms with van der Waals surface area (Å²) in [5, 5.41) is 3.01. The Balaban J connectivity index is 2.19. The molecular formula is C13H13F3N2S. The molecule has 0 spiro atoms. The first kappa shape index (κ1) is 12.9. The van der Waals surface area contributed by atoms with Crippen molar-refractivity contribution >= 4 is 21.6 Å². The Morgan fingerprint density at radius 1 is 1.37 bits per heavy atom. The molecule has 1 saturated heterocycles. The van der Waals surface area contributed by atoms with Crippen LogP contribution in [0, 0.1) is 6.92 Å². The molecule has 2 nitrogen and oxygen atoms in total. The van der Waals surface area contributed by atoms with Crippen molar-refractivity contribution in [2.75, 3.05) is 13.1 Å². The first-order chi connectivity index (χ1) is 8.94. The van der Waals surface area contributed by atoms with Gasteiger partial charge in [0.15, 0.2) is 0 Å². The van der Waals surface area contributed by atoms with Crippen molar-refractivity contribution in [3.63, 3.8) is 0 Å². The molecule has 1 aliphatic heterocycles. The maximum Gasteiger partial charge on any atom is 0.402 e. The molecule has 2 heterocycles. The quantitative estimate of drug-likeness (QED) is 0.869. The van der Waals surface area contributed by atoms with Gasteiger partial charge in [-0.1, -0.05) is 12.1 Å². The number of alkyl halides is 3. The molecule has 19 heavy (non-hydrogen) atoms. The number of nitrogens with one attached hydrogen (secondary N) is 1. The van der Waals surface area contributed by atoms with Gasteiger partial charge in [-0.3, -0.25) is 0 Å². The number of halogens is 3. The minimum absolute atomic E-state index is 0.0649. The van der Waals surface area contributed by atoms with Gasteiger partial charge in [0, 0.05) is 6.54 Å². The standard InChI is InChI=1S/C13H13F3N2S/c1-8-3-2-4-9-10(8)18-11(19-9)12(13(14,15)16)5-6-17-7-12/h2-4,17H,5-7H2,1H3. The lowest BCUT2D eigenvalue weighted by Gasteiger charge is -2.28. The zero-order valence-corrected chi connectivity index (χ0v) is 11.2. The van der Waals surface area contributed by atoms with Gasteiger partial charge in [0.2, 0.25) is 0 Å². The second-order valence-electron chi connectivity index (χ2n) is 4.95. The number of benzene rings is 1. The van der Waals surface area contributed by atoms with E-state index >= 15 is 0 Å². The highest BCUT2D eigenvalue weighted by molar-refractivity contribution is 7.18. The van der Waals surface area contributed by atoms with E-state index in [-0.39, 0.29) is 18.0 Å². The molecule has 0 amide bonds. The Labute approximate surface area is 112 Å². The van der Waals surface area contributed by atoms with Crippen LogP contribution in [0.15, 0.2) is 18.2 Å². The van der Waals surface area contributed by atoms with Crippen molar-refractivity contribution in [3.8, 4) is 0 Å². The summed E-state index contributed by atoms with van der Waals surface area (Å²) in [6, 6.07) is 5.56. The van der Waals surface area contributed by atoms with Crippen molar-refractivity contribution in [3.05, 3.63) is 28.8 Å². The maximum atomic E-state index is 13.5. The van der Waals surface area contributed by atoms with Gasteiger partial charge in [0.25, 0.3) is 0 Å². The van der Waals surface area contributed by atoms with Crippen LogP contribution in [0.3, 0.4) is 0 Å². The summed E-state index contributed by atoms with van der Waals surface area (Å²) in [5.74, 6) is 0. The van der Waals surface area contributed by atoms with Crippen LogP contribution in [0.4, 0.5) is 13.2 Å². The first-order valence-corrected chi connectivity index (χ1v) is 6.90. The van der Waals surface area contributed by atoms with Crippen LogP contribution >= 0.6 is 11.3 Å². The topological polar surface area (TPSA) is 24.9 Å². The second kappa shape index (κ2) is 4.18. The fourth-order valence-electron chi connectivity index (χ4n) is 2.53. The molecule has 1 aromatic carbocycles. The predicted octanol–water partition coefficient (Wildman–Crippen LogP) is 3.40. The van der Waals surface area contributed by atoms with E-state index in [0.717, 1.165) is 21.6 Å². The molecule has 1 aromatic heterocycles. The van der Waals surface area contributed by atoms with Crippen molar-refractivity contribution in [1.82, 2.24) is 10.3 Å². The van der Waals surface area contributed by atoms with Crippen LogP contribution in [-0.4, -0.2) is 24.2 Å². The molecule has 1 fully saturated rings. The number of fused-ring (bicyclic) bond motifs is 1. The summed E-state index contributed by atoms with van der Waals surface area (Å²) in [6.07, 6.45) is -4.20. The van der Waals surface area contributed by atoms with Gasteiger partial charge >= 0.3 is 6.18 Å². The second-order valence-corrected chi connectivity index (χ2v) is 5.98. The Hall–Kier alpha value is -1.14. The number of hydrogen-bond acceptors (Lipinski definition) is 3. The Morgan fingerprint density at radius 2 is 2.16 bits per heavy atom. The summed E-state index contributed by atoms with van der Waals surface area (Å²) in [6.45, 7) is 2.18. The molecule has 1 atom stereocenters. The summed E-state index contributed by atoms with van der Waals surface area (Å²) < 4.78 is 41.2. The summed E-state index contributed by atoms with van der Waals surface area (Å²) in [5.41, 5.74) is -0.204. The van der Waals surface area contributed by atoms with E-state index in [2.05, 4.69) is 10.3 Å². The molecule has 1 unspecified atom stereocenters. The van der Waals surface area contributed by atoms with Crippen LogP contribution in [0.25, 0.3) is 10.2 Å². The van der Waals surface area contributed by atoms with Crippen LogP contribution < -0.4 is 5.32 Å². The Morgan fingerprint density at radius 3 is 2.74 bits per heavy atom. The number of thiazole rings is 1. The largest absolute Gasteiger partial charge is 0.402 e.